The second-order valence-corrected chi connectivity index (χ2v) is 6.23. The molecule has 27 heavy (non-hydrogen) atoms. The number of halogens is 3. The highest BCUT2D eigenvalue weighted by Crippen LogP contribution is 2.34. The number of ether oxygens (including phenoxy) is 1. The van der Waals surface area contributed by atoms with E-state index >= 15 is 0 Å². The number of hydrogen-bond donors (Lipinski definition) is 2. The van der Waals surface area contributed by atoms with Crippen molar-refractivity contribution in [3.05, 3.63) is 42.2 Å². The van der Waals surface area contributed by atoms with Gasteiger partial charge in [-0.05, 0) is 43.5 Å². The first-order valence-corrected chi connectivity index (χ1v) is 8.21. The molecule has 0 aliphatic heterocycles. The molecule has 0 radical (unpaired) electrons. The molecule has 0 saturated heterocycles. The lowest BCUT2D eigenvalue weighted by Crippen LogP contribution is -2.33. The Hall–Kier alpha value is -2.97. The normalized spacial score (nSPS) is 19.7. The van der Waals surface area contributed by atoms with Crippen molar-refractivity contribution in [1.29, 1.82) is 0 Å². The van der Waals surface area contributed by atoms with E-state index in [1.165, 1.54) is 30.3 Å². The van der Waals surface area contributed by atoms with E-state index in [-0.39, 0.29) is 23.1 Å². The molecule has 2 N–H and O–H groups in total. The van der Waals surface area contributed by atoms with Crippen LogP contribution in [0.25, 0.3) is 11.3 Å². The van der Waals surface area contributed by atoms with Gasteiger partial charge in [-0.3, -0.25) is 9.59 Å². The molecule has 2 aromatic rings. The molecule has 1 saturated carbocycles. The average molecular weight is 383 g/mol. The van der Waals surface area contributed by atoms with Crippen LogP contribution in [0.4, 0.5) is 13.2 Å². The average Bonchev–Trinajstić information content (AvgIpc) is 3.23. The zero-order valence-corrected chi connectivity index (χ0v) is 14.0. The van der Waals surface area contributed by atoms with Crippen molar-refractivity contribution >= 4 is 11.9 Å². The van der Waals surface area contributed by atoms with Crippen molar-refractivity contribution in [2.45, 2.75) is 31.7 Å². The summed E-state index contributed by atoms with van der Waals surface area (Å²) in [4.78, 5) is 23.2. The smallest absolute Gasteiger partial charge is 0.481 e. The molecular formula is C18H16F3NO5. The summed E-state index contributed by atoms with van der Waals surface area (Å²) in [6.45, 7) is 0. The summed E-state index contributed by atoms with van der Waals surface area (Å²) in [5.74, 6) is -2.40. The molecule has 1 amide bonds. The molecule has 1 aromatic heterocycles. The fourth-order valence-electron chi connectivity index (χ4n) is 3.08. The van der Waals surface area contributed by atoms with E-state index in [2.05, 4.69) is 10.1 Å². The summed E-state index contributed by atoms with van der Waals surface area (Å²) < 4.78 is 47.0. The maximum Gasteiger partial charge on any atom is 0.573 e. The van der Waals surface area contributed by atoms with Gasteiger partial charge in [-0.2, -0.15) is 0 Å². The largest absolute Gasteiger partial charge is 0.573 e. The van der Waals surface area contributed by atoms with Crippen LogP contribution in [0.5, 0.6) is 5.75 Å². The van der Waals surface area contributed by atoms with Gasteiger partial charge in [0.05, 0.1) is 11.5 Å². The number of carboxylic acid groups (broad SMARTS) is 1. The van der Waals surface area contributed by atoms with Crippen molar-refractivity contribution in [3.63, 3.8) is 0 Å². The Morgan fingerprint density at radius 3 is 2.56 bits per heavy atom. The minimum atomic E-state index is -4.86. The van der Waals surface area contributed by atoms with Gasteiger partial charge in [0.2, 0.25) is 0 Å². The van der Waals surface area contributed by atoms with Crippen LogP contribution in [-0.4, -0.2) is 29.4 Å². The highest BCUT2D eigenvalue weighted by molar-refractivity contribution is 5.92. The Labute approximate surface area is 151 Å². The summed E-state index contributed by atoms with van der Waals surface area (Å²) in [6.07, 6.45) is -3.51. The predicted octanol–water partition coefficient (Wildman–Crippen LogP) is 3.83. The van der Waals surface area contributed by atoms with Crippen LogP contribution in [0.2, 0.25) is 0 Å². The van der Waals surface area contributed by atoms with Crippen LogP contribution in [0, 0.1) is 5.92 Å². The third kappa shape index (κ3) is 4.60. The quantitative estimate of drug-likeness (QED) is 0.819. The number of rotatable bonds is 5. The molecular weight excluding hydrogens is 367 g/mol. The van der Waals surface area contributed by atoms with Crippen molar-refractivity contribution in [1.82, 2.24) is 5.32 Å². The Balaban J connectivity index is 1.72. The van der Waals surface area contributed by atoms with Crippen molar-refractivity contribution < 1.29 is 37.0 Å². The van der Waals surface area contributed by atoms with Gasteiger partial charge in [-0.15, -0.1) is 13.2 Å². The van der Waals surface area contributed by atoms with E-state index in [1.807, 2.05) is 0 Å². The predicted molar refractivity (Wildman–Crippen MR) is 87.1 cm³/mol. The highest BCUT2D eigenvalue weighted by atomic mass is 19.4. The first-order valence-electron chi connectivity index (χ1n) is 8.21. The standard InChI is InChI=1S/C18H16F3NO5/c19-18(20,21)27-14-4-2-1-3-12(14)13-7-8-15(26-13)16(23)22-11-6-5-10(9-11)17(24)25/h1-4,7-8,10-11H,5-6,9H2,(H,22,23)(H,24,25)/t10-,11+/m0/s1. The number of para-hydroxylation sites is 1. The van der Waals surface area contributed by atoms with E-state index in [0.717, 1.165) is 6.07 Å². The van der Waals surface area contributed by atoms with Gasteiger partial charge in [0.15, 0.2) is 5.76 Å². The first kappa shape index (κ1) is 18.8. The van der Waals surface area contributed by atoms with Crippen molar-refractivity contribution in [2.75, 3.05) is 0 Å². The number of alkyl halides is 3. The monoisotopic (exact) mass is 383 g/mol. The molecule has 1 heterocycles. The van der Waals surface area contributed by atoms with Gasteiger partial charge in [-0.25, -0.2) is 0 Å². The highest BCUT2D eigenvalue weighted by Gasteiger charge is 2.33. The number of nitrogens with one attached hydrogen (secondary N) is 1. The van der Waals surface area contributed by atoms with Gasteiger partial charge in [0.25, 0.3) is 5.91 Å². The Bertz CT molecular complexity index is 846. The van der Waals surface area contributed by atoms with E-state index < -0.39 is 29.9 Å². The number of benzene rings is 1. The fourth-order valence-corrected chi connectivity index (χ4v) is 3.08. The summed E-state index contributed by atoms with van der Waals surface area (Å²) >= 11 is 0. The zero-order valence-electron chi connectivity index (χ0n) is 14.0. The number of carbonyl (C=O) groups is 2. The maximum atomic E-state index is 12.5. The maximum absolute atomic E-state index is 12.5. The van der Waals surface area contributed by atoms with E-state index in [1.54, 1.807) is 0 Å². The number of hydrogen-bond acceptors (Lipinski definition) is 4. The van der Waals surface area contributed by atoms with Crippen LogP contribution in [-0.2, 0) is 4.79 Å². The molecule has 3 rings (SSSR count). The third-order valence-corrected chi connectivity index (χ3v) is 4.33. The van der Waals surface area contributed by atoms with Gasteiger partial charge in [-0.1, -0.05) is 12.1 Å². The summed E-state index contributed by atoms with van der Waals surface area (Å²) in [5, 5.41) is 11.7. The molecule has 2 atom stereocenters. The number of carboxylic acids is 1. The minimum absolute atomic E-state index is 0.0508. The van der Waals surface area contributed by atoms with Crippen LogP contribution in [0.1, 0.15) is 29.8 Å². The van der Waals surface area contributed by atoms with Gasteiger partial charge in [0, 0.05) is 6.04 Å². The molecule has 0 bridgehead atoms. The number of aliphatic carboxylic acids is 1. The molecule has 144 valence electrons. The molecule has 0 spiro atoms. The third-order valence-electron chi connectivity index (χ3n) is 4.33. The number of carbonyl (C=O) groups excluding carboxylic acids is 1. The SMILES string of the molecule is O=C(N[C@@H]1CC[C@H](C(=O)O)C1)c1ccc(-c2ccccc2OC(F)(F)F)o1. The summed E-state index contributed by atoms with van der Waals surface area (Å²) in [7, 11) is 0. The van der Waals surface area contributed by atoms with Gasteiger partial charge in [0.1, 0.15) is 11.5 Å². The molecule has 0 unspecified atom stereocenters. The summed E-state index contributed by atoms with van der Waals surface area (Å²) in [5.41, 5.74) is 0.0562. The van der Waals surface area contributed by atoms with E-state index in [9.17, 15) is 22.8 Å². The molecule has 9 heteroatoms. The Morgan fingerprint density at radius 1 is 1.15 bits per heavy atom. The van der Waals surface area contributed by atoms with Crippen LogP contribution in [0.15, 0.2) is 40.8 Å². The van der Waals surface area contributed by atoms with E-state index in [4.69, 9.17) is 9.52 Å². The molecule has 1 aliphatic rings. The van der Waals surface area contributed by atoms with Crippen LogP contribution in [0.3, 0.4) is 0 Å². The Kier molecular flexibility index (Phi) is 5.11. The summed E-state index contributed by atoms with van der Waals surface area (Å²) in [6, 6.07) is 7.88. The van der Waals surface area contributed by atoms with Crippen molar-refractivity contribution in [3.8, 4) is 17.1 Å². The molecule has 6 nitrogen and oxygen atoms in total. The topological polar surface area (TPSA) is 88.8 Å². The fraction of sp³-hybridized carbons (Fsp3) is 0.333. The lowest BCUT2D eigenvalue weighted by Gasteiger charge is -2.12. The molecule has 1 aliphatic carbocycles. The second kappa shape index (κ2) is 7.34. The zero-order chi connectivity index (χ0) is 19.6. The lowest BCUT2D eigenvalue weighted by molar-refractivity contribution is -0.274. The van der Waals surface area contributed by atoms with Crippen LogP contribution < -0.4 is 10.1 Å². The van der Waals surface area contributed by atoms with Gasteiger partial charge >= 0.3 is 12.3 Å². The lowest BCUT2D eigenvalue weighted by atomic mass is 10.1. The second-order valence-electron chi connectivity index (χ2n) is 6.23. The van der Waals surface area contributed by atoms with Gasteiger partial charge < -0.3 is 19.6 Å². The van der Waals surface area contributed by atoms with Crippen LogP contribution >= 0.6 is 0 Å². The first-order chi connectivity index (χ1) is 12.7. The van der Waals surface area contributed by atoms with Crippen molar-refractivity contribution in [2.24, 2.45) is 5.92 Å². The Morgan fingerprint density at radius 2 is 1.89 bits per heavy atom. The number of furan rings is 1. The number of amides is 1. The molecule has 1 fully saturated rings. The molecule has 1 aromatic carbocycles. The van der Waals surface area contributed by atoms with E-state index in [0.29, 0.717) is 19.3 Å². The minimum Gasteiger partial charge on any atom is -0.481 e.